The Balaban J connectivity index is 2.57. The molecule has 0 bridgehead atoms. The van der Waals surface area contributed by atoms with Crippen LogP contribution in [0.15, 0.2) is 29.1 Å². The van der Waals surface area contributed by atoms with Crippen LogP contribution in [0.2, 0.25) is 5.02 Å². The minimum Gasteiger partial charge on any atom is -0.462 e. The van der Waals surface area contributed by atoms with Gasteiger partial charge in [-0.3, -0.25) is 9.48 Å². The molecule has 2 rings (SSSR count). The molecule has 0 amide bonds. The molecule has 0 aliphatic rings. The molecule has 0 saturated carbocycles. The molecule has 0 aliphatic heterocycles. The van der Waals surface area contributed by atoms with Crippen LogP contribution in [0, 0.1) is 0 Å². The van der Waals surface area contributed by atoms with Crippen molar-refractivity contribution in [1.29, 1.82) is 0 Å². The second-order valence-corrected chi connectivity index (χ2v) is 5.19. The van der Waals surface area contributed by atoms with E-state index in [9.17, 15) is 22.8 Å². The maximum Gasteiger partial charge on any atom is 0.433 e. The van der Waals surface area contributed by atoms with Crippen LogP contribution in [-0.4, -0.2) is 22.4 Å². The van der Waals surface area contributed by atoms with Crippen LogP contribution in [0.4, 0.5) is 13.2 Å². The van der Waals surface area contributed by atoms with Crippen molar-refractivity contribution in [3.63, 3.8) is 0 Å². The van der Waals surface area contributed by atoms with E-state index in [1.807, 2.05) is 0 Å². The van der Waals surface area contributed by atoms with E-state index in [4.69, 9.17) is 16.3 Å². The smallest absolute Gasteiger partial charge is 0.433 e. The van der Waals surface area contributed by atoms with Gasteiger partial charge in [0.2, 0.25) is 5.43 Å². The lowest BCUT2D eigenvalue weighted by molar-refractivity contribution is -0.144. The summed E-state index contributed by atoms with van der Waals surface area (Å²) in [6.07, 6.45) is -4.70. The van der Waals surface area contributed by atoms with Gasteiger partial charge in [-0.05, 0) is 19.1 Å². The minimum absolute atomic E-state index is 0.000215. The largest absolute Gasteiger partial charge is 0.462 e. The topological polar surface area (TPSA) is 61.2 Å². The molecule has 0 N–H and O–H groups in total. The number of aryl methyl sites for hydroxylation is 1. The fourth-order valence-corrected chi connectivity index (χ4v) is 2.24. The molecule has 128 valence electrons. The summed E-state index contributed by atoms with van der Waals surface area (Å²) in [4.78, 5) is 23.8. The van der Waals surface area contributed by atoms with E-state index in [1.54, 1.807) is 6.92 Å². The van der Waals surface area contributed by atoms with Crippen molar-refractivity contribution in [3.05, 3.63) is 50.8 Å². The first-order valence-electron chi connectivity index (χ1n) is 6.77. The van der Waals surface area contributed by atoms with Gasteiger partial charge in [0.05, 0.1) is 17.2 Å². The molecule has 9 heteroatoms. The lowest BCUT2D eigenvalue weighted by Crippen LogP contribution is -2.22. The summed E-state index contributed by atoms with van der Waals surface area (Å²) in [5.41, 5.74) is -2.15. The Morgan fingerprint density at radius 3 is 2.58 bits per heavy atom. The molecule has 1 aromatic carbocycles. The second kappa shape index (κ2) is 6.64. The Hall–Kier alpha value is -2.35. The Bertz CT molecular complexity index is 847. The van der Waals surface area contributed by atoms with Crippen LogP contribution in [-0.2, 0) is 18.0 Å². The SMILES string of the molecule is CCOC(=O)c1cc(-c2nn(C)c(C(F)(F)F)cc2=O)ccc1Cl. The fraction of sp³-hybridized carbons (Fsp3) is 0.267. The highest BCUT2D eigenvalue weighted by molar-refractivity contribution is 6.33. The monoisotopic (exact) mass is 360 g/mol. The summed E-state index contributed by atoms with van der Waals surface area (Å²) < 4.78 is 43.8. The highest BCUT2D eigenvalue weighted by Crippen LogP contribution is 2.28. The van der Waals surface area contributed by atoms with Crippen LogP contribution in [0.5, 0.6) is 0 Å². The van der Waals surface area contributed by atoms with Crippen LogP contribution in [0.1, 0.15) is 23.0 Å². The van der Waals surface area contributed by atoms with E-state index < -0.39 is 23.3 Å². The minimum atomic E-state index is -4.70. The Morgan fingerprint density at radius 1 is 1.33 bits per heavy atom. The summed E-state index contributed by atoms with van der Waals surface area (Å²) in [5.74, 6) is -0.701. The van der Waals surface area contributed by atoms with Gasteiger partial charge in [0.15, 0.2) is 0 Å². The van der Waals surface area contributed by atoms with Gasteiger partial charge < -0.3 is 4.74 Å². The number of carbonyl (C=O) groups is 1. The normalized spacial score (nSPS) is 11.4. The average Bonchev–Trinajstić information content (AvgIpc) is 2.49. The number of halogens is 4. The molecular weight excluding hydrogens is 349 g/mol. The van der Waals surface area contributed by atoms with E-state index >= 15 is 0 Å². The number of hydrogen-bond acceptors (Lipinski definition) is 4. The van der Waals surface area contributed by atoms with Gasteiger partial charge in [-0.2, -0.15) is 18.3 Å². The molecule has 1 aromatic heterocycles. The highest BCUT2D eigenvalue weighted by atomic mass is 35.5. The molecule has 24 heavy (non-hydrogen) atoms. The Kier molecular flexibility index (Phi) is 4.98. The predicted molar refractivity (Wildman–Crippen MR) is 80.9 cm³/mol. The zero-order valence-electron chi connectivity index (χ0n) is 12.6. The number of ether oxygens (including phenoxy) is 1. The molecular formula is C15H12ClF3N2O3. The molecule has 0 saturated heterocycles. The number of hydrogen-bond donors (Lipinski definition) is 0. The van der Waals surface area contributed by atoms with Gasteiger partial charge >= 0.3 is 12.1 Å². The van der Waals surface area contributed by atoms with Gasteiger partial charge in [-0.25, -0.2) is 4.79 Å². The summed E-state index contributed by atoms with van der Waals surface area (Å²) >= 11 is 5.92. The van der Waals surface area contributed by atoms with E-state index in [0.29, 0.717) is 10.7 Å². The lowest BCUT2D eigenvalue weighted by Gasteiger charge is -2.12. The van der Waals surface area contributed by atoms with Crippen molar-refractivity contribution in [2.75, 3.05) is 6.61 Å². The van der Waals surface area contributed by atoms with Gasteiger partial charge in [0.25, 0.3) is 0 Å². The van der Waals surface area contributed by atoms with E-state index in [-0.39, 0.29) is 28.5 Å². The predicted octanol–water partition coefficient (Wildman–Crippen LogP) is 3.30. The van der Waals surface area contributed by atoms with Crippen molar-refractivity contribution >= 4 is 17.6 Å². The van der Waals surface area contributed by atoms with E-state index in [2.05, 4.69) is 5.10 Å². The van der Waals surface area contributed by atoms with Crippen LogP contribution in [0.3, 0.4) is 0 Å². The summed E-state index contributed by atoms with van der Waals surface area (Å²) in [6, 6.07) is 4.46. The molecule has 2 aromatic rings. The van der Waals surface area contributed by atoms with Crippen molar-refractivity contribution < 1.29 is 22.7 Å². The first kappa shape index (κ1) is 18.0. The maximum absolute atomic E-state index is 12.8. The third kappa shape index (κ3) is 3.59. The maximum atomic E-state index is 12.8. The van der Waals surface area contributed by atoms with Gasteiger partial charge in [-0.15, -0.1) is 0 Å². The number of benzene rings is 1. The summed E-state index contributed by atoms with van der Waals surface area (Å²) in [5, 5.41) is 3.77. The van der Waals surface area contributed by atoms with Crippen molar-refractivity contribution in [2.45, 2.75) is 13.1 Å². The third-order valence-electron chi connectivity index (χ3n) is 3.13. The molecule has 0 spiro atoms. The van der Waals surface area contributed by atoms with Crippen molar-refractivity contribution in [3.8, 4) is 11.3 Å². The Labute approximate surface area is 139 Å². The summed E-state index contributed by atoms with van der Waals surface area (Å²) in [7, 11) is 1.08. The molecule has 0 fully saturated rings. The Morgan fingerprint density at radius 2 is 2.00 bits per heavy atom. The zero-order valence-corrected chi connectivity index (χ0v) is 13.4. The standard InChI is InChI=1S/C15H12ClF3N2O3/c1-3-24-14(23)9-6-8(4-5-10(9)16)13-11(22)7-12(15(17,18)19)21(2)20-13/h4-7H,3H2,1-2H3. The number of carbonyl (C=O) groups excluding carboxylic acids is 1. The molecule has 0 unspecified atom stereocenters. The van der Waals surface area contributed by atoms with E-state index in [1.165, 1.54) is 18.2 Å². The molecule has 5 nitrogen and oxygen atoms in total. The highest BCUT2D eigenvalue weighted by Gasteiger charge is 2.34. The quantitative estimate of drug-likeness (QED) is 0.788. The first-order valence-corrected chi connectivity index (χ1v) is 7.15. The first-order chi connectivity index (χ1) is 11.1. The lowest BCUT2D eigenvalue weighted by atomic mass is 10.1. The van der Waals surface area contributed by atoms with Gasteiger partial charge in [0, 0.05) is 18.7 Å². The average molecular weight is 361 g/mol. The second-order valence-electron chi connectivity index (χ2n) is 4.78. The van der Waals surface area contributed by atoms with Crippen molar-refractivity contribution in [2.24, 2.45) is 7.05 Å². The number of rotatable bonds is 3. The van der Waals surface area contributed by atoms with Gasteiger partial charge in [-0.1, -0.05) is 17.7 Å². The fourth-order valence-electron chi connectivity index (χ4n) is 2.04. The number of nitrogens with zero attached hydrogens (tertiary/aromatic N) is 2. The van der Waals surface area contributed by atoms with Crippen LogP contribution >= 0.6 is 11.6 Å². The number of aromatic nitrogens is 2. The van der Waals surface area contributed by atoms with E-state index in [0.717, 1.165) is 7.05 Å². The van der Waals surface area contributed by atoms with Crippen molar-refractivity contribution in [1.82, 2.24) is 9.78 Å². The van der Waals surface area contributed by atoms with Gasteiger partial charge in [0.1, 0.15) is 11.4 Å². The molecule has 0 radical (unpaired) electrons. The third-order valence-corrected chi connectivity index (χ3v) is 3.46. The number of esters is 1. The molecule has 1 heterocycles. The molecule has 0 aliphatic carbocycles. The van der Waals surface area contributed by atoms with Crippen LogP contribution in [0.25, 0.3) is 11.3 Å². The molecule has 0 atom stereocenters. The number of alkyl halides is 3. The van der Waals surface area contributed by atoms with Crippen LogP contribution < -0.4 is 5.43 Å². The summed E-state index contributed by atoms with van der Waals surface area (Å²) in [6.45, 7) is 1.74. The zero-order chi connectivity index (χ0) is 18.1.